The Bertz CT molecular complexity index is 261. The van der Waals surface area contributed by atoms with Crippen molar-refractivity contribution in [2.75, 3.05) is 6.54 Å². The molecule has 92 valence electrons. The van der Waals surface area contributed by atoms with Crippen molar-refractivity contribution in [2.45, 2.75) is 50.7 Å². The molecule has 16 heavy (non-hydrogen) atoms. The van der Waals surface area contributed by atoms with Gasteiger partial charge in [0, 0.05) is 11.3 Å². The molecule has 1 aromatic rings. The van der Waals surface area contributed by atoms with Crippen molar-refractivity contribution in [3.05, 3.63) is 24.2 Å². The molecule has 0 bridgehead atoms. The molecule has 0 aromatic carbocycles. The minimum atomic E-state index is 0.611. The van der Waals surface area contributed by atoms with E-state index in [1.165, 1.54) is 12.8 Å². The third kappa shape index (κ3) is 4.62. The van der Waals surface area contributed by atoms with Gasteiger partial charge in [0.25, 0.3) is 0 Å². The Hall–Kier alpha value is -0.410. The summed E-state index contributed by atoms with van der Waals surface area (Å²) < 4.78 is 5.34. The van der Waals surface area contributed by atoms with Crippen LogP contribution in [0.4, 0.5) is 0 Å². The van der Waals surface area contributed by atoms with Crippen molar-refractivity contribution in [1.29, 1.82) is 0 Å². The van der Waals surface area contributed by atoms with Crippen molar-refractivity contribution < 1.29 is 4.42 Å². The summed E-state index contributed by atoms with van der Waals surface area (Å²) in [6.45, 7) is 7.87. The molecule has 0 saturated heterocycles. The van der Waals surface area contributed by atoms with Crippen LogP contribution in [-0.2, 0) is 5.75 Å². The first kappa shape index (κ1) is 13.7. The van der Waals surface area contributed by atoms with E-state index in [4.69, 9.17) is 4.42 Å². The molecule has 0 aliphatic rings. The van der Waals surface area contributed by atoms with Crippen molar-refractivity contribution >= 4 is 11.8 Å². The maximum Gasteiger partial charge on any atom is 0.113 e. The minimum absolute atomic E-state index is 0.611. The van der Waals surface area contributed by atoms with Crippen molar-refractivity contribution in [1.82, 2.24) is 5.32 Å². The van der Waals surface area contributed by atoms with Gasteiger partial charge in [-0.3, -0.25) is 0 Å². The monoisotopic (exact) mass is 241 g/mol. The van der Waals surface area contributed by atoms with Crippen LogP contribution in [0.5, 0.6) is 0 Å². The highest BCUT2D eigenvalue weighted by Gasteiger charge is 2.15. The van der Waals surface area contributed by atoms with E-state index in [-0.39, 0.29) is 0 Å². The first-order valence-corrected chi connectivity index (χ1v) is 7.20. The Balaban J connectivity index is 2.28. The normalized spacial score (nSPS) is 14.9. The van der Waals surface area contributed by atoms with E-state index < -0.39 is 0 Å². The van der Waals surface area contributed by atoms with Gasteiger partial charge in [0.1, 0.15) is 5.76 Å². The molecule has 1 rings (SSSR count). The summed E-state index contributed by atoms with van der Waals surface area (Å²) in [5.41, 5.74) is 0. The molecule has 1 aromatic heterocycles. The lowest BCUT2D eigenvalue weighted by Crippen LogP contribution is -2.36. The van der Waals surface area contributed by atoms with E-state index in [1.54, 1.807) is 6.26 Å². The molecule has 1 heterocycles. The summed E-state index contributed by atoms with van der Waals surface area (Å²) >= 11 is 1.96. The summed E-state index contributed by atoms with van der Waals surface area (Å²) in [5, 5.41) is 4.22. The fourth-order valence-electron chi connectivity index (χ4n) is 1.70. The van der Waals surface area contributed by atoms with Gasteiger partial charge in [-0.05, 0) is 31.5 Å². The summed E-state index contributed by atoms with van der Waals surface area (Å²) in [6.07, 6.45) is 4.13. The van der Waals surface area contributed by atoms with E-state index in [9.17, 15) is 0 Å². The first-order chi connectivity index (χ1) is 7.77. The van der Waals surface area contributed by atoms with Gasteiger partial charge in [0.15, 0.2) is 0 Å². The second kappa shape index (κ2) is 7.80. The Morgan fingerprint density at radius 1 is 1.44 bits per heavy atom. The van der Waals surface area contributed by atoms with Gasteiger partial charge >= 0.3 is 0 Å². The van der Waals surface area contributed by atoms with Crippen LogP contribution in [0.1, 0.15) is 39.4 Å². The van der Waals surface area contributed by atoms with Gasteiger partial charge in [-0.1, -0.05) is 20.8 Å². The van der Waals surface area contributed by atoms with Gasteiger partial charge in [-0.2, -0.15) is 0 Å². The smallest absolute Gasteiger partial charge is 0.113 e. The molecule has 0 aliphatic heterocycles. The van der Waals surface area contributed by atoms with Crippen molar-refractivity contribution in [2.24, 2.45) is 0 Å². The fraction of sp³-hybridized carbons (Fsp3) is 0.692. The van der Waals surface area contributed by atoms with Crippen LogP contribution in [0, 0.1) is 0 Å². The zero-order valence-corrected chi connectivity index (χ0v) is 11.3. The molecule has 2 unspecified atom stereocenters. The molecule has 2 nitrogen and oxygen atoms in total. The molecule has 0 spiro atoms. The number of hydrogen-bond acceptors (Lipinski definition) is 3. The minimum Gasteiger partial charge on any atom is -0.468 e. The average molecular weight is 241 g/mol. The van der Waals surface area contributed by atoms with Gasteiger partial charge in [0.05, 0.1) is 12.0 Å². The predicted molar refractivity (Wildman–Crippen MR) is 71.8 cm³/mol. The third-order valence-corrected chi connectivity index (χ3v) is 4.04. The summed E-state index contributed by atoms with van der Waals surface area (Å²) in [6, 6.07) is 4.60. The largest absolute Gasteiger partial charge is 0.468 e. The lowest BCUT2D eigenvalue weighted by atomic mass is 10.1. The average Bonchev–Trinajstić information content (AvgIpc) is 2.80. The van der Waals surface area contributed by atoms with Crippen LogP contribution in [0.25, 0.3) is 0 Å². The van der Waals surface area contributed by atoms with Gasteiger partial charge in [-0.15, -0.1) is 11.8 Å². The van der Waals surface area contributed by atoms with Gasteiger partial charge < -0.3 is 9.73 Å². The quantitative estimate of drug-likeness (QED) is 0.751. The number of thioether (sulfide) groups is 1. The number of hydrogen-bond donors (Lipinski definition) is 1. The SMILES string of the molecule is CCCNC(CC)C(C)SCc1ccco1. The zero-order valence-electron chi connectivity index (χ0n) is 10.5. The zero-order chi connectivity index (χ0) is 11.8. The Labute approximate surface area is 103 Å². The molecular weight excluding hydrogens is 218 g/mol. The van der Waals surface area contributed by atoms with E-state index in [0.29, 0.717) is 11.3 Å². The van der Waals surface area contributed by atoms with E-state index in [2.05, 4.69) is 26.1 Å². The van der Waals surface area contributed by atoms with Crippen LogP contribution in [0.3, 0.4) is 0 Å². The summed E-state index contributed by atoms with van der Waals surface area (Å²) in [7, 11) is 0. The molecule has 1 N–H and O–H groups in total. The molecule has 0 amide bonds. The van der Waals surface area contributed by atoms with Crippen molar-refractivity contribution in [3.63, 3.8) is 0 Å². The molecule has 0 fully saturated rings. The summed E-state index contributed by atoms with van der Waals surface area (Å²) in [5.74, 6) is 2.04. The molecule has 3 heteroatoms. The topological polar surface area (TPSA) is 25.2 Å². The number of nitrogens with one attached hydrogen (secondary N) is 1. The molecule has 0 saturated carbocycles. The first-order valence-electron chi connectivity index (χ1n) is 6.15. The van der Waals surface area contributed by atoms with Gasteiger partial charge in [0.2, 0.25) is 0 Å². The lowest BCUT2D eigenvalue weighted by Gasteiger charge is -2.23. The number of furan rings is 1. The Morgan fingerprint density at radius 2 is 2.25 bits per heavy atom. The van der Waals surface area contributed by atoms with Crippen LogP contribution in [-0.4, -0.2) is 17.8 Å². The van der Waals surface area contributed by atoms with Gasteiger partial charge in [-0.25, -0.2) is 0 Å². The fourth-order valence-corrected chi connectivity index (χ4v) is 2.81. The standard InChI is InChI=1S/C13H23NOS/c1-4-8-14-13(5-2)11(3)16-10-12-7-6-9-15-12/h6-7,9,11,13-14H,4-5,8,10H2,1-3H3. The molecule has 0 aliphatic carbocycles. The number of rotatable bonds is 8. The lowest BCUT2D eigenvalue weighted by molar-refractivity contribution is 0.492. The second-order valence-electron chi connectivity index (χ2n) is 4.06. The maximum atomic E-state index is 5.34. The molecule has 0 radical (unpaired) electrons. The molecular formula is C13H23NOS. The Morgan fingerprint density at radius 3 is 2.81 bits per heavy atom. The summed E-state index contributed by atoms with van der Waals surface area (Å²) in [4.78, 5) is 0. The van der Waals surface area contributed by atoms with Crippen LogP contribution < -0.4 is 5.32 Å². The van der Waals surface area contributed by atoms with Crippen LogP contribution in [0.15, 0.2) is 22.8 Å². The van der Waals surface area contributed by atoms with E-state index >= 15 is 0 Å². The van der Waals surface area contributed by atoms with Crippen LogP contribution >= 0.6 is 11.8 Å². The van der Waals surface area contributed by atoms with Crippen molar-refractivity contribution in [3.8, 4) is 0 Å². The third-order valence-electron chi connectivity index (χ3n) is 2.73. The van der Waals surface area contributed by atoms with E-state index in [0.717, 1.165) is 18.1 Å². The maximum absolute atomic E-state index is 5.34. The molecule has 2 atom stereocenters. The van der Waals surface area contributed by atoms with Crippen LogP contribution in [0.2, 0.25) is 0 Å². The highest BCUT2D eigenvalue weighted by molar-refractivity contribution is 7.99. The highest BCUT2D eigenvalue weighted by atomic mass is 32.2. The Kier molecular flexibility index (Phi) is 6.65. The van der Waals surface area contributed by atoms with E-state index in [1.807, 2.05) is 23.9 Å². The highest BCUT2D eigenvalue weighted by Crippen LogP contribution is 2.21. The predicted octanol–water partition coefficient (Wildman–Crippen LogP) is 3.68. The second-order valence-corrected chi connectivity index (χ2v) is 5.43.